The average Bonchev–Trinajstić information content (AvgIpc) is 3.00. The van der Waals surface area contributed by atoms with Crippen LogP contribution in [0.3, 0.4) is 0 Å². The van der Waals surface area contributed by atoms with Gasteiger partial charge in [-0.15, -0.1) is 0 Å². The van der Waals surface area contributed by atoms with Crippen molar-refractivity contribution in [2.24, 2.45) is 7.05 Å². The van der Waals surface area contributed by atoms with Gasteiger partial charge in [-0.25, -0.2) is 4.98 Å². The summed E-state index contributed by atoms with van der Waals surface area (Å²) in [6.07, 6.45) is 7.30. The minimum absolute atomic E-state index is 0.0113. The van der Waals surface area contributed by atoms with Gasteiger partial charge in [0.05, 0.1) is 17.0 Å². The zero-order chi connectivity index (χ0) is 19.0. The van der Waals surface area contributed by atoms with E-state index in [0.717, 1.165) is 68.6 Å². The summed E-state index contributed by atoms with van der Waals surface area (Å²) in [7, 11) is 1.81. The topological polar surface area (TPSA) is 95.9 Å². The summed E-state index contributed by atoms with van der Waals surface area (Å²) in [6, 6.07) is 0.123. The molecule has 2 aromatic heterocycles. The number of fused-ring (bicyclic) bond motifs is 1. The molecule has 1 aliphatic heterocycles. The Hall–Kier alpha value is -2.64. The number of H-pyrrole nitrogens is 1. The number of nitrogens with zero attached hydrogens (tertiary/aromatic N) is 4. The molecule has 8 nitrogen and oxygen atoms in total. The number of amides is 1. The van der Waals surface area contributed by atoms with Crippen LogP contribution >= 0.6 is 0 Å². The first-order valence-corrected chi connectivity index (χ1v) is 9.69. The van der Waals surface area contributed by atoms with Crippen LogP contribution in [0.1, 0.15) is 53.0 Å². The van der Waals surface area contributed by atoms with E-state index in [-0.39, 0.29) is 17.5 Å². The summed E-state index contributed by atoms with van der Waals surface area (Å²) in [6.45, 7) is 3.37. The normalized spacial score (nSPS) is 17.6. The number of aromatic nitrogens is 4. The molecule has 2 aromatic rings. The van der Waals surface area contributed by atoms with Gasteiger partial charge in [0.25, 0.3) is 11.5 Å². The molecule has 1 saturated heterocycles. The summed E-state index contributed by atoms with van der Waals surface area (Å²) in [5, 5.41) is 7.34. The van der Waals surface area contributed by atoms with Crippen molar-refractivity contribution >= 4 is 11.9 Å². The summed E-state index contributed by atoms with van der Waals surface area (Å²) < 4.78 is 1.66. The van der Waals surface area contributed by atoms with Crippen molar-refractivity contribution in [1.29, 1.82) is 0 Å². The van der Waals surface area contributed by atoms with Gasteiger partial charge in [-0.05, 0) is 45.4 Å². The smallest absolute Gasteiger partial charge is 0.255 e. The first-order chi connectivity index (χ1) is 13.0. The Balaban J connectivity index is 1.39. The lowest BCUT2D eigenvalue weighted by molar-refractivity contribution is 0.0930. The maximum atomic E-state index is 12.5. The summed E-state index contributed by atoms with van der Waals surface area (Å²) >= 11 is 0. The van der Waals surface area contributed by atoms with Gasteiger partial charge in [0, 0.05) is 37.9 Å². The highest BCUT2D eigenvalue weighted by molar-refractivity contribution is 5.95. The van der Waals surface area contributed by atoms with Crippen LogP contribution in [0.2, 0.25) is 0 Å². The lowest BCUT2D eigenvalue weighted by Gasteiger charge is -2.33. The van der Waals surface area contributed by atoms with E-state index in [9.17, 15) is 9.59 Å². The Bertz CT molecular complexity index is 907. The van der Waals surface area contributed by atoms with Crippen molar-refractivity contribution in [2.75, 3.05) is 18.0 Å². The predicted molar refractivity (Wildman–Crippen MR) is 102 cm³/mol. The molecule has 0 unspecified atom stereocenters. The van der Waals surface area contributed by atoms with Crippen molar-refractivity contribution in [1.82, 2.24) is 25.1 Å². The second kappa shape index (κ2) is 7.17. The third-order valence-corrected chi connectivity index (χ3v) is 5.57. The number of carbonyl (C=O) groups excluding carboxylic acids is 1. The maximum absolute atomic E-state index is 12.5. The molecule has 1 fully saturated rings. The monoisotopic (exact) mass is 370 g/mol. The van der Waals surface area contributed by atoms with Crippen LogP contribution in [0.15, 0.2) is 11.0 Å². The molecule has 0 radical (unpaired) electrons. The largest absolute Gasteiger partial charge is 0.349 e. The molecule has 0 aromatic carbocycles. The number of piperidine rings is 1. The van der Waals surface area contributed by atoms with E-state index in [1.807, 2.05) is 14.0 Å². The van der Waals surface area contributed by atoms with Crippen LogP contribution in [0.25, 0.3) is 0 Å². The fourth-order valence-electron chi connectivity index (χ4n) is 4.06. The van der Waals surface area contributed by atoms with E-state index in [1.165, 1.54) is 0 Å². The number of aromatic amines is 1. The van der Waals surface area contributed by atoms with Crippen molar-refractivity contribution in [2.45, 2.75) is 51.5 Å². The van der Waals surface area contributed by atoms with E-state index in [2.05, 4.69) is 20.3 Å². The van der Waals surface area contributed by atoms with Gasteiger partial charge in [0.1, 0.15) is 0 Å². The second-order valence-electron chi connectivity index (χ2n) is 7.56. The van der Waals surface area contributed by atoms with Gasteiger partial charge < -0.3 is 10.2 Å². The highest BCUT2D eigenvalue weighted by atomic mass is 16.1. The number of aryl methyl sites for hydroxylation is 3. The van der Waals surface area contributed by atoms with Crippen LogP contribution in [0.4, 0.5) is 5.95 Å². The quantitative estimate of drug-likeness (QED) is 0.843. The minimum Gasteiger partial charge on any atom is -0.349 e. The number of hydrogen-bond donors (Lipinski definition) is 2. The highest BCUT2D eigenvalue weighted by Gasteiger charge is 2.25. The van der Waals surface area contributed by atoms with Crippen LogP contribution in [0.5, 0.6) is 0 Å². The van der Waals surface area contributed by atoms with Crippen LogP contribution in [-0.2, 0) is 19.9 Å². The molecule has 27 heavy (non-hydrogen) atoms. The van der Waals surface area contributed by atoms with E-state index in [1.54, 1.807) is 10.9 Å². The van der Waals surface area contributed by atoms with Gasteiger partial charge in [-0.3, -0.25) is 19.3 Å². The molecule has 1 amide bonds. The van der Waals surface area contributed by atoms with E-state index < -0.39 is 0 Å². The molecule has 0 bridgehead atoms. The summed E-state index contributed by atoms with van der Waals surface area (Å²) in [4.78, 5) is 34.6. The SMILES string of the molecule is Cc1nn(C)cc1C(=O)NC1CCN(c2nc3c(c(=O)[nH]2)CCCC3)CC1. The predicted octanol–water partition coefficient (Wildman–Crippen LogP) is 1.09. The number of nitrogens with one attached hydrogen (secondary N) is 2. The fraction of sp³-hybridized carbons (Fsp3) is 0.579. The lowest BCUT2D eigenvalue weighted by atomic mass is 9.97. The van der Waals surface area contributed by atoms with Gasteiger partial charge >= 0.3 is 0 Å². The first kappa shape index (κ1) is 17.8. The molecule has 4 rings (SSSR count). The average molecular weight is 370 g/mol. The van der Waals surface area contributed by atoms with E-state index >= 15 is 0 Å². The van der Waals surface area contributed by atoms with Crippen molar-refractivity contribution in [3.05, 3.63) is 39.1 Å². The first-order valence-electron chi connectivity index (χ1n) is 9.69. The molecule has 0 atom stereocenters. The third kappa shape index (κ3) is 3.61. The Labute approximate surface area is 158 Å². The third-order valence-electron chi connectivity index (χ3n) is 5.57. The Morgan fingerprint density at radius 1 is 1.26 bits per heavy atom. The molecule has 8 heteroatoms. The lowest BCUT2D eigenvalue weighted by Crippen LogP contribution is -2.45. The van der Waals surface area contributed by atoms with Gasteiger partial charge in [0.2, 0.25) is 5.95 Å². The molecule has 2 aliphatic rings. The molecule has 2 N–H and O–H groups in total. The standard InChI is InChI=1S/C19H26N6O2/c1-12-15(11-24(2)23-12)18(27)20-13-7-9-25(10-8-13)19-21-16-6-4-3-5-14(16)17(26)22-19/h11,13H,3-10H2,1-2H3,(H,20,27)(H,21,22,26). The number of hydrogen-bond acceptors (Lipinski definition) is 5. The summed E-state index contributed by atoms with van der Waals surface area (Å²) in [5.41, 5.74) is 3.20. The van der Waals surface area contributed by atoms with E-state index in [0.29, 0.717) is 11.5 Å². The van der Waals surface area contributed by atoms with Gasteiger partial charge in [0.15, 0.2) is 0 Å². The maximum Gasteiger partial charge on any atom is 0.255 e. The van der Waals surface area contributed by atoms with Crippen LogP contribution in [-0.4, -0.2) is 44.8 Å². The highest BCUT2D eigenvalue weighted by Crippen LogP contribution is 2.20. The second-order valence-corrected chi connectivity index (χ2v) is 7.56. The number of anilines is 1. The minimum atomic E-state index is -0.0700. The molecule has 0 saturated carbocycles. The number of rotatable bonds is 3. The zero-order valence-electron chi connectivity index (χ0n) is 15.9. The van der Waals surface area contributed by atoms with Crippen molar-refractivity contribution < 1.29 is 4.79 Å². The zero-order valence-corrected chi connectivity index (χ0v) is 15.9. The molecule has 3 heterocycles. The Morgan fingerprint density at radius 3 is 2.70 bits per heavy atom. The summed E-state index contributed by atoms with van der Waals surface area (Å²) in [5.74, 6) is 0.605. The number of carbonyl (C=O) groups is 1. The molecular formula is C19H26N6O2. The van der Waals surface area contributed by atoms with E-state index in [4.69, 9.17) is 4.98 Å². The molecule has 1 aliphatic carbocycles. The van der Waals surface area contributed by atoms with Gasteiger partial charge in [-0.1, -0.05) is 0 Å². The van der Waals surface area contributed by atoms with Crippen molar-refractivity contribution in [3.8, 4) is 0 Å². The van der Waals surface area contributed by atoms with Gasteiger partial charge in [-0.2, -0.15) is 5.10 Å². The van der Waals surface area contributed by atoms with Crippen molar-refractivity contribution in [3.63, 3.8) is 0 Å². The van der Waals surface area contributed by atoms with Crippen LogP contribution in [0, 0.1) is 6.92 Å². The Morgan fingerprint density at radius 2 is 2.00 bits per heavy atom. The fourth-order valence-corrected chi connectivity index (χ4v) is 4.06. The molecule has 144 valence electrons. The molecule has 0 spiro atoms. The van der Waals surface area contributed by atoms with Crippen LogP contribution < -0.4 is 15.8 Å². The Kier molecular flexibility index (Phi) is 4.72. The molecular weight excluding hydrogens is 344 g/mol.